The van der Waals surface area contributed by atoms with E-state index in [-0.39, 0.29) is 6.35 Å². The lowest BCUT2D eigenvalue weighted by Gasteiger charge is -2.29. The number of carbonyl (C=O) groups excluding carboxylic acids is 1. The molecule has 12 nitrogen and oxygen atoms in total. The fourth-order valence-corrected chi connectivity index (χ4v) is 6.03. The quantitative estimate of drug-likeness (QED) is 0.0657. The summed E-state index contributed by atoms with van der Waals surface area (Å²) < 4.78 is 33.2. The molecule has 3 N–H and O–H groups in total. The third-order valence-electron chi connectivity index (χ3n) is 6.19. The molecule has 0 aliphatic rings. The Morgan fingerprint density at radius 3 is 2.41 bits per heavy atom. The van der Waals surface area contributed by atoms with Crippen molar-refractivity contribution in [3.63, 3.8) is 0 Å². The van der Waals surface area contributed by atoms with Crippen molar-refractivity contribution in [2.45, 2.75) is 112 Å². The van der Waals surface area contributed by atoms with E-state index < -0.39 is 25.1 Å². The number of nitrogen functional groups attached to an aromatic ring is 1. The van der Waals surface area contributed by atoms with Gasteiger partial charge in [-0.2, -0.15) is 0 Å². The molecule has 0 bridgehead atoms. The highest BCUT2D eigenvalue weighted by Gasteiger charge is 2.40. The Morgan fingerprint density at radius 1 is 1.10 bits per heavy atom. The Bertz CT molecular complexity index is 1170. The van der Waals surface area contributed by atoms with Crippen molar-refractivity contribution in [3.8, 4) is 0 Å². The van der Waals surface area contributed by atoms with Crippen LogP contribution in [-0.2, 0) is 30.0 Å². The van der Waals surface area contributed by atoms with Gasteiger partial charge in [0, 0.05) is 0 Å². The van der Waals surface area contributed by atoms with Gasteiger partial charge in [-0.25, -0.2) is 20.0 Å². The second-order valence-electron chi connectivity index (χ2n) is 12.0. The molecule has 0 amide bonds. The minimum atomic E-state index is -3.82. The minimum absolute atomic E-state index is 0.292. The van der Waals surface area contributed by atoms with E-state index in [2.05, 4.69) is 59.8 Å². The Balaban J connectivity index is 2.19. The van der Waals surface area contributed by atoms with Crippen LogP contribution in [0.2, 0.25) is 0 Å². The summed E-state index contributed by atoms with van der Waals surface area (Å²) in [6.45, 7) is 16.2. The van der Waals surface area contributed by atoms with Crippen molar-refractivity contribution in [2.24, 2.45) is 17.0 Å². The van der Waals surface area contributed by atoms with Gasteiger partial charge in [0.25, 0.3) is 0 Å². The van der Waals surface area contributed by atoms with Crippen LogP contribution in [0.15, 0.2) is 17.8 Å². The first-order valence-corrected chi connectivity index (χ1v) is 16.4. The molecule has 2 aromatic heterocycles. The van der Waals surface area contributed by atoms with Gasteiger partial charge in [-0.15, -0.1) is 0 Å². The van der Waals surface area contributed by atoms with Gasteiger partial charge in [-0.3, -0.25) is 9.36 Å². The Hall–Kier alpha value is -2.56. The predicted octanol–water partition coefficient (Wildman–Crippen LogP) is 5.92. The number of fused-ring (bicyclic) bond motifs is 1. The molecule has 13 heteroatoms. The summed E-state index contributed by atoms with van der Waals surface area (Å²) >= 11 is 0. The zero-order valence-corrected chi connectivity index (χ0v) is 26.9. The number of nitrogens with zero attached hydrogens (tertiary/aromatic N) is 5. The zero-order chi connectivity index (χ0) is 30.6. The van der Waals surface area contributed by atoms with E-state index in [1.165, 1.54) is 6.33 Å². The molecule has 0 spiro atoms. The number of unbranched alkanes of at least 4 members (excludes halogenated alkanes) is 3. The van der Waals surface area contributed by atoms with E-state index in [0.717, 1.165) is 31.4 Å². The van der Waals surface area contributed by atoms with Gasteiger partial charge in [-0.1, -0.05) is 59.0 Å². The summed E-state index contributed by atoms with van der Waals surface area (Å²) in [7, 11) is -3.82. The number of imidazole rings is 1. The number of carbonyl (C=O) groups is 1. The first kappa shape index (κ1) is 34.6. The number of esters is 1. The Kier molecular flexibility index (Phi) is 13.7. The highest BCUT2D eigenvalue weighted by Crippen LogP contribution is 2.46. The third-order valence-corrected chi connectivity index (χ3v) is 7.93. The smallest absolute Gasteiger partial charge is 0.365 e. The van der Waals surface area contributed by atoms with Crippen LogP contribution in [0.4, 0.5) is 5.82 Å². The van der Waals surface area contributed by atoms with Gasteiger partial charge in [0.2, 0.25) is 0 Å². The van der Waals surface area contributed by atoms with Crippen molar-refractivity contribution >= 4 is 36.2 Å². The summed E-state index contributed by atoms with van der Waals surface area (Å²) in [5.74, 6) is 0.477. The second kappa shape index (κ2) is 16.2. The van der Waals surface area contributed by atoms with Gasteiger partial charge in [-0.05, 0) is 51.9 Å². The van der Waals surface area contributed by atoms with Gasteiger partial charge < -0.3 is 24.4 Å². The monoisotopic (exact) mass is 595 g/mol. The van der Waals surface area contributed by atoms with Crippen molar-refractivity contribution in [1.29, 1.82) is 0 Å². The number of rotatable bonds is 19. The SMILES string of the molecule is CCCCCCOC(=O)C(C)(C)NP(=O)(COC(C)Cn1cnc2c(N)ncnc21)ON=C(CC(C)C)CC(C)C. The van der Waals surface area contributed by atoms with Crippen molar-refractivity contribution in [3.05, 3.63) is 12.7 Å². The largest absolute Gasteiger partial charge is 0.464 e. The molecule has 0 aliphatic heterocycles. The zero-order valence-electron chi connectivity index (χ0n) is 26.1. The average Bonchev–Trinajstić information content (AvgIpc) is 3.29. The molecule has 0 aliphatic carbocycles. The first-order valence-electron chi connectivity index (χ1n) is 14.6. The number of hydrogen-bond donors (Lipinski definition) is 2. The molecule has 2 unspecified atom stereocenters. The Morgan fingerprint density at radius 2 is 1.78 bits per heavy atom. The molecule has 0 saturated heterocycles. The summed E-state index contributed by atoms with van der Waals surface area (Å²) in [6, 6.07) is 0. The van der Waals surface area contributed by atoms with E-state index >= 15 is 0 Å². The van der Waals surface area contributed by atoms with E-state index in [1.807, 2.05) is 6.92 Å². The molecule has 41 heavy (non-hydrogen) atoms. The average molecular weight is 596 g/mol. The fraction of sp³-hybridized carbons (Fsp3) is 0.750. The number of aromatic nitrogens is 4. The van der Waals surface area contributed by atoms with E-state index in [4.69, 9.17) is 19.8 Å². The maximum absolute atomic E-state index is 14.2. The number of nitrogens with two attached hydrogens (primary N) is 1. The molecule has 2 atom stereocenters. The number of hydrogen-bond acceptors (Lipinski definition) is 10. The molecule has 0 saturated carbocycles. The molecule has 0 aromatic carbocycles. The normalized spacial score (nSPS) is 14.3. The lowest BCUT2D eigenvalue weighted by atomic mass is 9.99. The van der Waals surface area contributed by atoms with Gasteiger partial charge in [0.1, 0.15) is 23.7 Å². The highest BCUT2D eigenvalue weighted by molar-refractivity contribution is 7.56. The van der Waals surface area contributed by atoms with Gasteiger partial charge in [0.15, 0.2) is 11.5 Å². The standard InChI is InChI=1S/C28H50N7O5P/c1-9-10-11-12-13-38-27(36)28(7,8)34-41(37,40-33-23(14-20(2)3)15-21(4)5)19-39-22(6)16-35-18-32-24-25(29)30-17-31-26(24)35/h17-18,20-22H,9-16,19H2,1-8H3,(H,34,37)(H2,29,30,31). The summed E-state index contributed by atoms with van der Waals surface area (Å²) in [5, 5.41) is 7.24. The molecule has 0 fully saturated rings. The summed E-state index contributed by atoms with van der Waals surface area (Å²) in [6.07, 6.45) is 7.61. The van der Waals surface area contributed by atoms with Crippen molar-refractivity contribution in [1.82, 2.24) is 24.6 Å². The molecule has 0 radical (unpaired) electrons. The van der Waals surface area contributed by atoms with Gasteiger partial charge >= 0.3 is 13.5 Å². The molecule has 2 aromatic rings. The molecule has 2 rings (SSSR count). The molecular weight excluding hydrogens is 545 g/mol. The number of nitrogens with one attached hydrogen (secondary N) is 1. The number of ether oxygens (including phenoxy) is 2. The van der Waals surface area contributed by atoms with Gasteiger partial charge in [0.05, 0.1) is 31.3 Å². The van der Waals surface area contributed by atoms with Crippen LogP contribution in [0.5, 0.6) is 0 Å². The molecular formula is C28H50N7O5P. The molecule has 2 heterocycles. The fourth-order valence-electron chi connectivity index (χ4n) is 4.23. The van der Waals surface area contributed by atoms with Crippen LogP contribution in [0.1, 0.15) is 93.9 Å². The van der Waals surface area contributed by atoms with E-state index in [1.54, 1.807) is 24.7 Å². The van der Waals surface area contributed by atoms with Crippen LogP contribution >= 0.6 is 7.52 Å². The number of anilines is 1. The summed E-state index contributed by atoms with van der Waals surface area (Å²) in [5.41, 5.74) is 6.49. The maximum Gasteiger partial charge on any atom is 0.365 e. The van der Waals surface area contributed by atoms with Crippen LogP contribution in [0.3, 0.4) is 0 Å². The molecule has 232 valence electrons. The van der Waals surface area contributed by atoms with Crippen molar-refractivity contribution < 1.29 is 23.5 Å². The first-order chi connectivity index (χ1) is 19.3. The van der Waals surface area contributed by atoms with Crippen LogP contribution in [0, 0.1) is 11.8 Å². The van der Waals surface area contributed by atoms with E-state index in [9.17, 15) is 9.36 Å². The third kappa shape index (κ3) is 11.7. The maximum atomic E-state index is 14.2. The highest BCUT2D eigenvalue weighted by atomic mass is 31.2. The van der Waals surface area contributed by atoms with Crippen LogP contribution < -0.4 is 10.8 Å². The summed E-state index contributed by atoms with van der Waals surface area (Å²) in [4.78, 5) is 25.4. The van der Waals surface area contributed by atoms with Crippen molar-refractivity contribution in [2.75, 3.05) is 18.7 Å². The topological polar surface area (TPSA) is 156 Å². The predicted molar refractivity (Wildman–Crippen MR) is 163 cm³/mol. The lowest BCUT2D eigenvalue weighted by molar-refractivity contribution is -0.149. The minimum Gasteiger partial charge on any atom is -0.464 e. The number of oxime groups is 1. The van der Waals surface area contributed by atoms with Crippen LogP contribution in [-0.4, -0.2) is 55.8 Å². The van der Waals surface area contributed by atoms with E-state index in [0.29, 0.717) is 54.8 Å². The Labute approximate surface area is 244 Å². The second-order valence-corrected chi connectivity index (χ2v) is 14.0. The lowest BCUT2D eigenvalue weighted by Crippen LogP contribution is -2.47. The van der Waals surface area contributed by atoms with Crippen LogP contribution in [0.25, 0.3) is 11.2 Å².